The normalized spacial score (nSPS) is 12.0. The van der Waals surface area contributed by atoms with Gasteiger partial charge in [0, 0.05) is 17.8 Å². The van der Waals surface area contributed by atoms with Crippen molar-refractivity contribution in [3.05, 3.63) is 57.9 Å². The number of carbonyl (C=O) groups excluding carboxylic acids is 2. The first-order valence-electron chi connectivity index (χ1n) is 7.56. The van der Waals surface area contributed by atoms with Gasteiger partial charge in [-0.15, -0.1) is 0 Å². The first kappa shape index (κ1) is 17.0. The molecule has 1 amide bonds. The van der Waals surface area contributed by atoms with Crippen molar-refractivity contribution >= 4 is 11.7 Å². The van der Waals surface area contributed by atoms with E-state index in [0.717, 1.165) is 11.1 Å². The Bertz CT molecular complexity index is 727. The van der Waals surface area contributed by atoms with Crippen LogP contribution in [-0.2, 0) is 6.54 Å². The highest BCUT2D eigenvalue weighted by molar-refractivity contribution is 6.02. The van der Waals surface area contributed by atoms with E-state index in [9.17, 15) is 14.7 Å². The topological polar surface area (TPSA) is 82.2 Å². The van der Waals surface area contributed by atoms with Crippen LogP contribution in [0.25, 0.3) is 0 Å². The summed E-state index contributed by atoms with van der Waals surface area (Å²) in [5.41, 5.74) is 4.17. The maximum Gasteiger partial charge on any atom is 0.268 e. The number of rotatable bonds is 5. The van der Waals surface area contributed by atoms with E-state index in [0.29, 0.717) is 29.1 Å². The molecule has 122 valence electrons. The fourth-order valence-corrected chi connectivity index (χ4v) is 2.69. The van der Waals surface area contributed by atoms with Gasteiger partial charge in [-0.1, -0.05) is 24.3 Å². The molecule has 1 aromatic carbocycles. The quantitative estimate of drug-likeness (QED) is 0.742. The summed E-state index contributed by atoms with van der Waals surface area (Å²) in [6.07, 6.45) is -0.506. The van der Waals surface area contributed by atoms with E-state index >= 15 is 0 Å². The fourth-order valence-electron chi connectivity index (χ4n) is 2.69. The second-order valence-corrected chi connectivity index (χ2v) is 5.78. The Labute approximate surface area is 135 Å². The van der Waals surface area contributed by atoms with Crippen LogP contribution in [0.15, 0.2) is 24.3 Å². The van der Waals surface area contributed by atoms with Gasteiger partial charge < -0.3 is 15.4 Å². The predicted molar refractivity (Wildman–Crippen MR) is 88.5 cm³/mol. The van der Waals surface area contributed by atoms with Gasteiger partial charge in [-0.2, -0.15) is 0 Å². The minimum atomic E-state index is -0.506. The number of Topliss-reactive ketones (excluding diaryl/α,β-unsaturated/α-hetero) is 1. The molecule has 5 nitrogen and oxygen atoms in total. The van der Waals surface area contributed by atoms with Gasteiger partial charge in [-0.3, -0.25) is 9.59 Å². The maximum atomic E-state index is 12.3. The lowest BCUT2D eigenvalue weighted by Gasteiger charge is -2.08. The van der Waals surface area contributed by atoms with Gasteiger partial charge in [-0.05, 0) is 44.4 Å². The number of aromatic nitrogens is 1. The van der Waals surface area contributed by atoms with Gasteiger partial charge in [0.15, 0.2) is 5.78 Å². The summed E-state index contributed by atoms with van der Waals surface area (Å²) in [7, 11) is 0. The molecule has 0 aliphatic heterocycles. The standard InChI is InChI=1S/C18H22N2O3/c1-10-16(13(4)22)11(2)20-17(10)18(23)19-9-14-5-7-15(8-6-14)12(3)21/h5-8,12,20-21H,9H2,1-4H3,(H,19,23)/t12-/m1/s1. The summed E-state index contributed by atoms with van der Waals surface area (Å²) in [6, 6.07) is 7.42. The van der Waals surface area contributed by atoms with Crippen molar-refractivity contribution < 1.29 is 14.7 Å². The summed E-state index contributed by atoms with van der Waals surface area (Å²) in [6.45, 7) is 7.14. The number of amides is 1. The number of nitrogens with one attached hydrogen (secondary N) is 2. The number of aromatic amines is 1. The zero-order valence-electron chi connectivity index (χ0n) is 13.9. The molecule has 2 rings (SSSR count). The Kier molecular flexibility index (Phi) is 5.01. The molecule has 0 radical (unpaired) electrons. The van der Waals surface area contributed by atoms with Crippen LogP contribution in [0.2, 0.25) is 0 Å². The third kappa shape index (κ3) is 3.68. The van der Waals surface area contributed by atoms with Gasteiger partial charge in [0.25, 0.3) is 5.91 Å². The Morgan fingerprint density at radius 2 is 1.83 bits per heavy atom. The van der Waals surface area contributed by atoms with E-state index in [-0.39, 0.29) is 11.7 Å². The van der Waals surface area contributed by atoms with Crippen LogP contribution >= 0.6 is 0 Å². The van der Waals surface area contributed by atoms with Crippen molar-refractivity contribution in [2.24, 2.45) is 0 Å². The molecule has 0 saturated heterocycles. The Morgan fingerprint density at radius 3 is 2.30 bits per heavy atom. The van der Waals surface area contributed by atoms with E-state index in [4.69, 9.17) is 0 Å². The third-order valence-corrected chi connectivity index (χ3v) is 3.93. The molecule has 5 heteroatoms. The molecule has 0 bridgehead atoms. The molecule has 0 aliphatic rings. The number of H-pyrrole nitrogens is 1. The zero-order chi connectivity index (χ0) is 17.1. The maximum absolute atomic E-state index is 12.3. The lowest BCUT2D eigenvalue weighted by Crippen LogP contribution is -2.24. The van der Waals surface area contributed by atoms with Crippen molar-refractivity contribution in [1.29, 1.82) is 0 Å². The smallest absolute Gasteiger partial charge is 0.268 e. The summed E-state index contributed by atoms with van der Waals surface area (Å²) in [5, 5.41) is 12.3. The molecular weight excluding hydrogens is 292 g/mol. The summed E-state index contributed by atoms with van der Waals surface area (Å²) < 4.78 is 0. The molecule has 0 unspecified atom stereocenters. The second-order valence-electron chi connectivity index (χ2n) is 5.78. The van der Waals surface area contributed by atoms with Crippen LogP contribution in [-0.4, -0.2) is 21.8 Å². The number of carbonyl (C=O) groups is 2. The molecule has 1 atom stereocenters. The van der Waals surface area contributed by atoms with Gasteiger partial charge in [0.05, 0.1) is 6.10 Å². The lowest BCUT2D eigenvalue weighted by atomic mass is 10.1. The number of hydrogen-bond donors (Lipinski definition) is 3. The van der Waals surface area contributed by atoms with E-state index in [1.165, 1.54) is 6.92 Å². The van der Waals surface area contributed by atoms with Crippen molar-refractivity contribution in [3.8, 4) is 0 Å². The Morgan fingerprint density at radius 1 is 1.22 bits per heavy atom. The predicted octanol–water partition coefficient (Wildman–Crippen LogP) is 2.82. The molecule has 0 saturated carbocycles. The van der Waals surface area contributed by atoms with Gasteiger partial charge in [0.2, 0.25) is 0 Å². The zero-order valence-corrected chi connectivity index (χ0v) is 13.9. The number of ketones is 1. The van der Waals surface area contributed by atoms with Crippen LogP contribution in [0, 0.1) is 13.8 Å². The molecular formula is C18H22N2O3. The highest BCUT2D eigenvalue weighted by Crippen LogP contribution is 2.18. The van der Waals surface area contributed by atoms with Crippen LogP contribution in [0.4, 0.5) is 0 Å². The number of aliphatic hydroxyl groups is 1. The van der Waals surface area contributed by atoms with Crippen LogP contribution in [0.1, 0.15) is 63.2 Å². The minimum absolute atomic E-state index is 0.0518. The van der Waals surface area contributed by atoms with E-state index in [1.807, 2.05) is 24.3 Å². The molecule has 0 aliphatic carbocycles. The number of hydrogen-bond acceptors (Lipinski definition) is 3. The number of benzene rings is 1. The Hall–Kier alpha value is -2.40. The van der Waals surface area contributed by atoms with Crippen LogP contribution in [0.3, 0.4) is 0 Å². The average Bonchev–Trinajstić information content (AvgIpc) is 2.80. The lowest BCUT2D eigenvalue weighted by molar-refractivity contribution is 0.0945. The fraction of sp³-hybridized carbons (Fsp3) is 0.333. The van der Waals surface area contributed by atoms with Crippen molar-refractivity contribution in [2.45, 2.75) is 40.3 Å². The second kappa shape index (κ2) is 6.79. The monoisotopic (exact) mass is 314 g/mol. The summed E-state index contributed by atoms with van der Waals surface area (Å²) in [4.78, 5) is 26.9. The van der Waals surface area contributed by atoms with Crippen molar-refractivity contribution in [1.82, 2.24) is 10.3 Å². The van der Waals surface area contributed by atoms with Crippen LogP contribution < -0.4 is 5.32 Å². The summed E-state index contributed by atoms with van der Waals surface area (Å²) in [5.74, 6) is -0.290. The SMILES string of the molecule is CC(=O)c1c(C)[nH]c(C(=O)NCc2ccc([C@@H](C)O)cc2)c1C. The van der Waals surface area contributed by atoms with E-state index in [2.05, 4.69) is 10.3 Å². The van der Waals surface area contributed by atoms with Crippen molar-refractivity contribution in [3.63, 3.8) is 0 Å². The highest BCUT2D eigenvalue weighted by Gasteiger charge is 2.19. The van der Waals surface area contributed by atoms with E-state index < -0.39 is 6.10 Å². The largest absolute Gasteiger partial charge is 0.389 e. The molecule has 1 aromatic heterocycles. The van der Waals surface area contributed by atoms with Gasteiger partial charge in [0.1, 0.15) is 5.69 Å². The first-order valence-corrected chi connectivity index (χ1v) is 7.56. The highest BCUT2D eigenvalue weighted by atomic mass is 16.3. The molecule has 0 spiro atoms. The number of aryl methyl sites for hydroxylation is 1. The first-order chi connectivity index (χ1) is 10.8. The molecule has 3 N–H and O–H groups in total. The molecule has 23 heavy (non-hydrogen) atoms. The average molecular weight is 314 g/mol. The molecule has 0 fully saturated rings. The van der Waals surface area contributed by atoms with Gasteiger partial charge >= 0.3 is 0 Å². The molecule has 2 aromatic rings. The summed E-state index contributed by atoms with van der Waals surface area (Å²) >= 11 is 0. The van der Waals surface area contributed by atoms with Crippen molar-refractivity contribution in [2.75, 3.05) is 0 Å². The molecule has 1 heterocycles. The number of aliphatic hydroxyl groups excluding tert-OH is 1. The van der Waals surface area contributed by atoms with E-state index in [1.54, 1.807) is 20.8 Å². The minimum Gasteiger partial charge on any atom is -0.389 e. The third-order valence-electron chi connectivity index (χ3n) is 3.93. The van der Waals surface area contributed by atoms with Crippen LogP contribution in [0.5, 0.6) is 0 Å². The van der Waals surface area contributed by atoms with Gasteiger partial charge in [-0.25, -0.2) is 0 Å². The Balaban J connectivity index is 2.08.